The molecule has 1 fully saturated rings. The van der Waals surface area contributed by atoms with Gasteiger partial charge in [-0.15, -0.1) is 0 Å². The van der Waals surface area contributed by atoms with E-state index in [1.54, 1.807) is 6.07 Å². The average Bonchev–Trinajstić information content (AvgIpc) is 2.85. The predicted octanol–water partition coefficient (Wildman–Crippen LogP) is 2.85. The number of phenolic OH excluding ortho intramolecular Hbond substituents is 1. The zero-order valence-corrected chi connectivity index (χ0v) is 22.0. The summed E-state index contributed by atoms with van der Waals surface area (Å²) in [5.41, 5.74) is 11.2. The molecule has 0 unspecified atom stereocenters. The Bertz CT molecular complexity index is 1510. The first kappa shape index (κ1) is 26.6. The van der Waals surface area contributed by atoms with Crippen LogP contribution in [-0.4, -0.2) is 43.5 Å². The van der Waals surface area contributed by atoms with Crippen LogP contribution in [0.5, 0.6) is 5.75 Å². The van der Waals surface area contributed by atoms with E-state index in [-0.39, 0.29) is 48.1 Å². The first-order valence-electron chi connectivity index (χ1n) is 12.9. The van der Waals surface area contributed by atoms with Crippen LogP contribution in [0.1, 0.15) is 55.9 Å². The van der Waals surface area contributed by atoms with Crippen LogP contribution < -0.4 is 11.5 Å². The fourth-order valence-corrected chi connectivity index (χ4v) is 6.31. The third-order valence-corrected chi connectivity index (χ3v) is 8.42. The molecule has 0 bridgehead atoms. The highest BCUT2D eigenvalue weighted by Gasteiger charge is 2.60. The summed E-state index contributed by atoms with van der Waals surface area (Å²) in [6.07, 6.45) is -0.0612. The summed E-state index contributed by atoms with van der Waals surface area (Å²) in [7, 11) is 0. The average molecular weight is 533 g/mol. The predicted molar refractivity (Wildman–Crippen MR) is 143 cm³/mol. The molecule has 1 amide bonds. The second kappa shape index (κ2) is 8.79. The van der Waals surface area contributed by atoms with Crippen LogP contribution in [0.25, 0.3) is 16.9 Å². The molecule has 0 aliphatic heterocycles. The number of phenols is 1. The highest BCUT2D eigenvalue weighted by Crippen LogP contribution is 2.53. The van der Waals surface area contributed by atoms with Crippen LogP contribution in [0.3, 0.4) is 0 Å². The Balaban J connectivity index is 1.71. The van der Waals surface area contributed by atoms with Gasteiger partial charge in [0.2, 0.25) is 5.78 Å². The number of ketones is 2. The molecular weight excluding hydrogens is 500 g/mol. The van der Waals surface area contributed by atoms with Crippen LogP contribution >= 0.6 is 0 Å². The normalized spacial score (nSPS) is 24.8. The van der Waals surface area contributed by atoms with Gasteiger partial charge in [0.1, 0.15) is 22.8 Å². The number of benzene rings is 2. The highest BCUT2D eigenvalue weighted by molar-refractivity contribution is 6.22. The molecule has 8 N–H and O–H groups in total. The molecule has 0 saturated heterocycles. The molecule has 3 atom stereocenters. The number of hydrogen-bond acceptors (Lipinski definition) is 8. The molecule has 0 heterocycles. The van der Waals surface area contributed by atoms with Crippen LogP contribution in [0.15, 0.2) is 47.2 Å². The molecule has 0 aromatic heterocycles. The van der Waals surface area contributed by atoms with E-state index in [1.165, 1.54) is 0 Å². The molecule has 2 aromatic rings. The van der Waals surface area contributed by atoms with Crippen molar-refractivity contribution in [3.05, 3.63) is 69.5 Å². The lowest BCUT2D eigenvalue weighted by molar-refractivity contribution is -0.147. The Kier molecular flexibility index (Phi) is 6.01. The monoisotopic (exact) mass is 532 g/mol. The van der Waals surface area contributed by atoms with Crippen molar-refractivity contribution in [1.82, 2.24) is 0 Å². The van der Waals surface area contributed by atoms with Crippen molar-refractivity contribution in [2.45, 2.75) is 57.6 Å². The van der Waals surface area contributed by atoms with Gasteiger partial charge < -0.3 is 31.9 Å². The van der Waals surface area contributed by atoms with Gasteiger partial charge in [-0.25, -0.2) is 0 Å². The number of amides is 1. The number of primary amides is 1. The first-order chi connectivity index (χ1) is 18.2. The molecule has 0 spiro atoms. The Labute approximate surface area is 225 Å². The summed E-state index contributed by atoms with van der Waals surface area (Å²) < 4.78 is 0. The van der Waals surface area contributed by atoms with E-state index in [0.29, 0.717) is 11.1 Å². The molecule has 2 aromatic carbocycles. The van der Waals surface area contributed by atoms with Crippen molar-refractivity contribution in [2.75, 3.05) is 0 Å². The van der Waals surface area contributed by atoms with Crippen LogP contribution in [-0.2, 0) is 32.8 Å². The maximum Gasteiger partial charge on any atom is 0.255 e. The van der Waals surface area contributed by atoms with E-state index in [1.807, 2.05) is 24.3 Å². The van der Waals surface area contributed by atoms with Gasteiger partial charge >= 0.3 is 0 Å². The largest absolute Gasteiger partial charge is 0.508 e. The Morgan fingerprint density at radius 2 is 1.72 bits per heavy atom. The van der Waals surface area contributed by atoms with Gasteiger partial charge in [0.25, 0.3) is 5.91 Å². The second-order valence-electron chi connectivity index (χ2n) is 11.7. The van der Waals surface area contributed by atoms with E-state index in [0.717, 1.165) is 16.7 Å². The lowest BCUT2D eigenvalue weighted by Gasteiger charge is -2.46. The number of aliphatic hydroxyl groups is 3. The number of hydrogen-bond donors (Lipinski definition) is 6. The summed E-state index contributed by atoms with van der Waals surface area (Å²) in [5, 5.41) is 44.7. The highest BCUT2D eigenvalue weighted by atomic mass is 16.3. The zero-order chi connectivity index (χ0) is 28.6. The number of nitrogens with two attached hydrogens (primary N) is 2. The molecule has 9 nitrogen and oxygen atoms in total. The smallest absolute Gasteiger partial charge is 0.255 e. The third kappa shape index (κ3) is 3.79. The van der Waals surface area contributed by atoms with Crippen molar-refractivity contribution in [3.8, 4) is 16.9 Å². The molecule has 3 aliphatic carbocycles. The van der Waals surface area contributed by atoms with Crippen molar-refractivity contribution in [3.63, 3.8) is 0 Å². The maximum absolute atomic E-state index is 13.7. The minimum Gasteiger partial charge on any atom is -0.508 e. The van der Waals surface area contributed by atoms with Gasteiger partial charge in [0.15, 0.2) is 11.4 Å². The third-order valence-electron chi connectivity index (χ3n) is 8.42. The van der Waals surface area contributed by atoms with Crippen molar-refractivity contribution >= 4 is 23.2 Å². The summed E-state index contributed by atoms with van der Waals surface area (Å²) in [6, 6.07) is 9.73. The van der Waals surface area contributed by atoms with Gasteiger partial charge in [-0.1, -0.05) is 45.0 Å². The number of aliphatic hydroxyl groups excluding tert-OH is 2. The minimum absolute atomic E-state index is 0.0359. The summed E-state index contributed by atoms with van der Waals surface area (Å²) in [4.78, 5) is 38.1. The van der Waals surface area contributed by atoms with Crippen molar-refractivity contribution in [1.29, 1.82) is 0 Å². The lowest BCUT2D eigenvalue weighted by Crippen LogP contribution is -2.58. The van der Waals surface area contributed by atoms with Gasteiger partial charge in [-0.05, 0) is 52.5 Å². The molecule has 5 rings (SSSR count). The molecule has 3 aliphatic rings. The number of carbonyl (C=O) groups excluding carboxylic acids is 3. The van der Waals surface area contributed by atoms with Crippen LogP contribution in [0.4, 0.5) is 0 Å². The summed E-state index contributed by atoms with van der Waals surface area (Å²) >= 11 is 0. The summed E-state index contributed by atoms with van der Waals surface area (Å²) in [5.74, 6) is -6.54. The van der Waals surface area contributed by atoms with Gasteiger partial charge in [-0.3, -0.25) is 14.4 Å². The topological polar surface area (TPSA) is 184 Å². The number of carbonyl (C=O) groups is 3. The van der Waals surface area contributed by atoms with Crippen molar-refractivity contribution in [2.24, 2.45) is 23.3 Å². The Hall–Kier alpha value is -3.95. The lowest BCUT2D eigenvalue weighted by atomic mass is 9.59. The Morgan fingerprint density at radius 1 is 1.08 bits per heavy atom. The fourth-order valence-electron chi connectivity index (χ4n) is 6.31. The molecule has 39 heavy (non-hydrogen) atoms. The van der Waals surface area contributed by atoms with Gasteiger partial charge in [0, 0.05) is 30.0 Å². The van der Waals surface area contributed by atoms with E-state index >= 15 is 0 Å². The van der Waals surface area contributed by atoms with E-state index in [2.05, 4.69) is 20.8 Å². The molecule has 1 saturated carbocycles. The number of rotatable bonds is 3. The second-order valence-corrected chi connectivity index (χ2v) is 11.7. The maximum atomic E-state index is 13.7. The van der Waals surface area contributed by atoms with Crippen LogP contribution in [0, 0.1) is 11.8 Å². The quantitative estimate of drug-likeness (QED) is 0.326. The van der Waals surface area contributed by atoms with E-state index in [9.17, 15) is 34.8 Å². The fraction of sp³-hybridized carbons (Fsp3) is 0.367. The minimum atomic E-state index is -2.59. The molecule has 204 valence electrons. The van der Waals surface area contributed by atoms with Gasteiger partial charge in [-0.2, -0.15) is 0 Å². The summed E-state index contributed by atoms with van der Waals surface area (Å²) in [6.45, 7) is 6.29. The number of fused-ring (bicyclic) bond motifs is 3. The number of aromatic hydroxyl groups is 1. The SMILES string of the molecule is CC(C)(C)c1ccc(-c2cc(CN)c(O)c3c2C[C@H]2C[C@H]4CC(=O)C(C(N)=O)=C(O)[C@@]4(O)C(=O)C2=C3O)cc1. The van der Waals surface area contributed by atoms with E-state index < -0.39 is 52.0 Å². The first-order valence-corrected chi connectivity index (χ1v) is 12.9. The van der Waals surface area contributed by atoms with Gasteiger partial charge in [0.05, 0.1) is 5.56 Å². The Morgan fingerprint density at radius 3 is 2.28 bits per heavy atom. The standard InChI is InChI=1S/C30H32N2O7/c1-29(2,3)16-6-4-13(5-7-16)18-10-15(12-31)24(34)22-19(18)9-14-8-17-11-20(33)23(28(32)38)27(37)30(17,39)26(36)21(14)25(22)35/h4-7,10,14,17,34-35,37,39H,8-9,11-12,31H2,1-3H3,(H2,32,38)/t14-,17+,30+/m1/s1. The molecule has 0 radical (unpaired) electrons. The van der Waals surface area contributed by atoms with Crippen molar-refractivity contribution < 1.29 is 34.8 Å². The van der Waals surface area contributed by atoms with Crippen LogP contribution in [0.2, 0.25) is 0 Å². The molecule has 9 heteroatoms. The van der Waals surface area contributed by atoms with E-state index in [4.69, 9.17) is 11.5 Å². The molecular formula is C30H32N2O7. The number of Topliss-reactive ketones (excluding diaryl/α,β-unsaturated/α-hetero) is 2. The zero-order valence-electron chi connectivity index (χ0n) is 22.0.